The van der Waals surface area contributed by atoms with Gasteiger partial charge in [0, 0.05) is 11.8 Å². The summed E-state index contributed by atoms with van der Waals surface area (Å²) in [6.45, 7) is 7.22. The third-order valence-corrected chi connectivity index (χ3v) is 4.63. The Labute approximate surface area is 94.8 Å². The second-order valence-electron chi connectivity index (χ2n) is 6.03. The van der Waals surface area contributed by atoms with Crippen molar-refractivity contribution in [1.29, 1.82) is 0 Å². The van der Waals surface area contributed by atoms with E-state index < -0.39 is 0 Å². The highest BCUT2D eigenvalue weighted by molar-refractivity contribution is 5.14. The zero-order chi connectivity index (χ0) is 10.9. The van der Waals surface area contributed by atoms with Gasteiger partial charge in [-0.15, -0.1) is 5.92 Å². The average Bonchev–Trinajstić information content (AvgIpc) is 3.01. The standard InChI is InChI=1S/C15H24/c1-12-6-4-5-10-15(3,11-9-12)13(2)14-7-8-14/h12-14H,4,6-9,11H2,1-3H3. The fourth-order valence-corrected chi connectivity index (χ4v) is 2.79. The van der Waals surface area contributed by atoms with Crippen LogP contribution in [0, 0.1) is 35.0 Å². The predicted molar refractivity (Wildman–Crippen MR) is 65.4 cm³/mol. The molecule has 84 valence electrons. The molecule has 1 saturated carbocycles. The van der Waals surface area contributed by atoms with E-state index in [1.54, 1.807) is 0 Å². The molecule has 0 radical (unpaired) electrons. The maximum Gasteiger partial charge on any atom is 0.0314 e. The Bertz CT molecular complexity index is 276. The van der Waals surface area contributed by atoms with Crippen molar-refractivity contribution in [3.63, 3.8) is 0 Å². The zero-order valence-corrected chi connectivity index (χ0v) is 10.5. The lowest BCUT2D eigenvalue weighted by atomic mass is 9.70. The Hall–Kier alpha value is -0.440. The maximum atomic E-state index is 3.59. The molecule has 2 aliphatic carbocycles. The molecule has 0 aliphatic heterocycles. The molecule has 0 aromatic rings. The van der Waals surface area contributed by atoms with Crippen molar-refractivity contribution in [3.8, 4) is 11.8 Å². The third kappa shape index (κ3) is 2.57. The highest BCUT2D eigenvalue weighted by Crippen LogP contribution is 2.48. The number of rotatable bonds is 2. The molecule has 0 aromatic carbocycles. The average molecular weight is 204 g/mol. The van der Waals surface area contributed by atoms with E-state index in [1.165, 1.54) is 32.1 Å². The predicted octanol–water partition coefficient (Wildman–Crippen LogP) is 4.25. The van der Waals surface area contributed by atoms with Crippen LogP contribution in [0.4, 0.5) is 0 Å². The minimum atomic E-state index is 0.315. The summed E-state index contributed by atoms with van der Waals surface area (Å²) in [6, 6.07) is 0. The van der Waals surface area contributed by atoms with Crippen LogP contribution in [-0.4, -0.2) is 0 Å². The van der Waals surface area contributed by atoms with Gasteiger partial charge in [0.25, 0.3) is 0 Å². The van der Waals surface area contributed by atoms with E-state index in [2.05, 4.69) is 32.6 Å². The molecule has 15 heavy (non-hydrogen) atoms. The minimum absolute atomic E-state index is 0.315. The van der Waals surface area contributed by atoms with Gasteiger partial charge in [-0.05, 0) is 56.8 Å². The lowest BCUT2D eigenvalue weighted by Gasteiger charge is -2.33. The van der Waals surface area contributed by atoms with Gasteiger partial charge in [-0.1, -0.05) is 19.8 Å². The molecule has 0 nitrogen and oxygen atoms in total. The topological polar surface area (TPSA) is 0 Å². The monoisotopic (exact) mass is 204 g/mol. The molecule has 2 rings (SSSR count). The van der Waals surface area contributed by atoms with Crippen molar-refractivity contribution in [1.82, 2.24) is 0 Å². The van der Waals surface area contributed by atoms with Gasteiger partial charge >= 0.3 is 0 Å². The molecule has 0 amide bonds. The van der Waals surface area contributed by atoms with E-state index in [-0.39, 0.29) is 0 Å². The molecular weight excluding hydrogens is 180 g/mol. The first-order valence-corrected chi connectivity index (χ1v) is 6.62. The first kappa shape index (κ1) is 11.1. The highest BCUT2D eigenvalue weighted by atomic mass is 14.4. The van der Waals surface area contributed by atoms with Gasteiger partial charge in [-0.25, -0.2) is 0 Å². The molecule has 0 heterocycles. The molecule has 2 aliphatic rings. The van der Waals surface area contributed by atoms with E-state index in [9.17, 15) is 0 Å². The quantitative estimate of drug-likeness (QED) is 0.590. The van der Waals surface area contributed by atoms with Crippen LogP contribution in [0.2, 0.25) is 0 Å². The summed E-state index contributed by atoms with van der Waals surface area (Å²) in [5, 5.41) is 0. The van der Waals surface area contributed by atoms with Crippen LogP contribution < -0.4 is 0 Å². The van der Waals surface area contributed by atoms with Crippen LogP contribution >= 0.6 is 0 Å². The Balaban J connectivity index is 2.09. The zero-order valence-electron chi connectivity index (χ0n) is 10.5. The van der Waals surface area contributed by atoms with E-state index in [1.807, 2.05) is 0 Å². The summed E-state index contributed by atoms with van der Waals surface area (Å²) in [5.41, 5.74) is 0.315. The molecule has 0 N–H and O–H groups in total. The Morgan fingerprint density at radius 3 is 2.60 bits per heavy atom. The number of hydrogen-bond acceptors (Lipinski definition) is 0. The van der Waals surface area contributed by atoms with Crippen molar-refractivity contribution in [2.45, 2.75) is 59.3 Å². The molecule has 0 heteroatoms. The fraction of sp³-hybridized carbons (Fsp3) is 0.867. The Morgan fingerprint density at radius 1 is 1.20 bits per heavy atom. The SMILES string of the molecule is CC1CCC#CC(C)(C(C)C2CC2)CC1. The largest absolute Gasteiger partial charge is 0.103 e. The van der Waals surface area contributed by atoms with Crippen LogP contribution in [0.1, 0.15) is 59.3 Å². The molecule has 1 fully saturated rings. The van der Waals surface area contributed by atoms with Crippen molar-refractivity contribution in [3.05, 3.63) is 0 Å². The smallest absolute Gasteiger partial charge is 0.0314 e. The molecule has 0 bridgehead atoms. The van der Waals surface area contributed by atoms with Crippen LogP contribution in [0.15, 0.2) is 0 Å². The molecule has 0 aromatic heterocycles. The van der Waals surface area contributed by atoms with E-state index in [0.29, 0.717) is 5.41 Å². The second kappa shape index (κ2) is 4.20. The van der Waals surface area contributed by atoms with Crippen LogP contribution in [-0.2, 0) is 0 Å². The first-order chi connectivity index (χ1) is 7.12. The van der Waals surface area contributed by atoms with Crippen molar-refractivity contribution >= 4 is 0 Å². The summed E-state index contributed by atoms with van der Waals surface area (Å²) in [4.78, 5) is 0. The van der Waals surface area contributed by atoms with Gasteiger partial charge in [0.1, 0.15) is 0 Å². The van der Waals surface area contributed by atoms with Crippen LogP contribution in [0.25, 0.3) is 0 Å². The van der Waals surface area contributed by atoms with E-state index in [0.717, 1.165) is 24.2 Å². The molecule has 0 spiro atoms. The van der Waals surface area contributed by atoms with Crippen molar-refractivity contribution < 1.29 is 0 Å². The highest BCUT2D eigenvalue weighted by Gasteiger charge is 2.39. The number of hydrogen-bond donors (Lipinski definition) is 0. The third-order valence-electron chi connectivity index (χ3n) is 4.63. The normalized spacial score (nSPS) is 38.5. The summed E-state index contributed by atoms with van der Waals surface area (Å²) in [5.74, 6) is 9.69. The first-order valence-electron chi connectivity index (χ1n) is 6.62. The van der Waals surface area contributed by atoms with Crippen molar-refractivity contribution in [2.24, 2.45) is 23.2 Å². The van der Waals surface area contributed by atoms with Crippen LogP contribution in [0.5, 0.6) is 0 Å². The summed E-state index contributed by atoms with van der Waals surface area (Å²) >= 11 is 0. The van der Waals surface area contributed by atoms with Gasteiger partial charge in [0.05, 0.1) is 0 Å². The molecule has 3 atom stereocenters. The minimum Gasteiger partial charge on any atom is -0.103 e. The van der Waals surface area contributed by atoms with Crippen molar-refractivity contribution in [2.75, 3.05) is 0 Å². The fourth-order valence-electron chi connectivity index (χ4n) is 2.79. The van der Waals surface area contributed by atoms with E-state index in [4.69, 9.17) is 0 Å². The molecule has 3 unspecified atom stereocenters. The summed E-state index contributed by atoms with van der Waals surface area (Å²) < 4.78 is 0. The molecule has 0 saturated heterocycles. The van der Waals surface area contributed by atoms with Gasteiger partial charge in [0.2, 0.25) is 0 Å². The van der Waals surface area contributed by atoms with Gasteiger partial charge in [0.15, 0.2) is 0 Å². The Morgan fingerprint density at radius 2 is 1.93 bits per heavy atom. The Kier molecular flexibility index (Phi) is 3.10. The summed E-state index contributed by atoms with van der Waals surface area (Å²) in [7, 11) is 0. The molecular formula is C15H24. The van der Waals surface area contributed by atoms with Gasteiger partial charge < -0.3 is 0 Å². The lowest BCUT2D eigenvalue weighted by Crippen LogP contribution is -2.26. The van der Waals surface area contributed by atoms with Gasteiger partial charge in [-0.3, -0.25) is 0 Å². The van der Waals surface area contributed by atoms with E-state index >= 15 is 0 Å². The maximum absolute atomic E-state index is 3.59. The van der Waals surface area contributed by atoms with Crippen LogP contribution in [0.3, 0.4) is 0 Å². The lowest BCUT2D eigenvalue weighted by molar-refractivity contribution is 0.219. The summed E-state index contributed by atoms with van der Waals surface area (Å²) in [6.07, 6.45) is 8.03. The second-order valence-corrected chi connectivity index (χ2v) is 6.03. The van der Waals surface area contributed by atoms with Gasteiger partial charge in [-0.2, -0.15) is 0 Å².